The van der Waals surface area contributed by atoms with Gasteiger partial charge in [-0.1, -0.05) is 35.9 Å². The van der Waals surface area contributed by atoms with Crippen LogP contribution < -0.4 is 10.2 Å². The molecule has 2 aromatic carbocycles. The first-order chi connectivity index (χ1) is 12.9. The fraction of sp³-hybridized carbons (Fsp3) is 0.158. The number of nitrogens with zero attached hydrogens (tertiary/aromatic N) is 2. The molecule has 1 saturated heterocycles. The lowest BCUT2D eigenvalue weighted by Gasteiger charge is -2.16. The largest absolute Gasteiger partial charge is 0.347 e. The summed E-state index contributed by atoms with van der Waals surface area (Å²) in [6.07, 6.45) is 2.97. The van der Waals surface area contributed by atoms with Crippen LogP contribution in [0.4, 0.5) is 11.4 Å². The SMILES string of the molecule is O=C(/C=C/c1ccc(Cl)c([N+](=O)[O-])c1)N[C@@H]1CC(=O)N(c2ccccc2)C1. The lowest BCUT2D eigenvalue weighted by Crippen LogP contribution is -2.36. The van der Waals surface area contributed by atoms with Crippen molar-refractivity contribution < 1.29 is 14.5 Å². The number of rotatable bonds is 5. The topological polar surface area (TPSA) is 92.5 Å². The van der Waals surface area contributed by atoms with Crippen LogP contribution in [-0.4, -0.2) is 29.3 Å². The summed E-state index contributed by atoms with van der Waals surface area (Å²) >= 11 is 5.76. The average Bonchev–Trinajstić information content (AvgIpc) is 3.01. The number of benzene rings is 2. The van der Waals surface area contributed by atoms with Gasteiger partial charge < -0.3 is 10.2 Å². The molecule has 138 valence electrons. The van der Waals surface area contributed by atoms with E-state index in [1.165, 1.54) is 24.3 Å². The molecule has 2 aromatic rings. The minimum Gasteiger partial charge on any atom is -0.347 e. The van der Waals surface area contributed by atoms with E-state index in [2.05, 4.69) is 5.32 Å². The number of hydrogen-bond donors (Lipinski definition) is 1. The van der Waals surface area contributed by atoms with Gasteiger partial charge in [-0.3, -0.25) is 19.7 Å². The van der Waals surface area contributed by atoms with Crippen LogP contribution in [0.25, 0.3) is 6.08 Å². The van der Waals surface area contributed by atoms with Crippen molar-refractivity contribution in [2.45, 2.75) is 12.5 Å². The number of halogens is 1. The fourth-order valence-corrected chi connectivity index (χ4v) is 3.04. The van der Waals surface area contributed by atoms with Gasteiger partial charge in [0.15, 0.2) is 0 Å². The van der Waals surface area contributed by atoms with E-state index in [9.17, 15) is 19.7 Å². The Hall–Kier alpha value is -3.19. The molecule has 0 aliphatic carbocycles. The lowest BCUT2D eigenvalue weighted by molar-refractivity contribution is -0.384. The van der Waals surface area contributed by atoms with E-state index in [1.807, 2.05) is 30.3 Å². The van der Waals surface area contributed by atoms with E-state index < -0.39 is 4.92 Å². The number of para-hydroxylation sites is 1. The summed E-state index contributed by atoms with van der Waals surface area (Å²) < 4.78 is 0. The van der Waals surface area contributed by atoms with Gasteiger partial charge in [-0.15, -0.1) is 0 Å². The minimum absolute atomic E-state index is 0.0343. The molecule has 0 bridgehead atoms. The monoisotopic (exact) mass is 385 g/mol. The van der Waals surface area contributed by atoms with Crippen LogP contribution in [0.2, 0.25) is 5.02 Å². The third-order valence-corrected chi connectivity index (χ3v) is 4.45. The van der Waals surface area contributed by atoms with E-state index in [0.717, 1.165) is 5.69 Å². The van der Waals surface area contributed by atoms with E-state index in [-0.39, 0.29) is 35.0 Å². The Bertz CT molecular complexity index is 914. The standard InChI is InChI=1S/C19H16ClN3O4/c20-16-8-6-13(10-17(16)23(26)27)7-9-18(24)21-14-11-19(25)22(12-14)15-4-2-1-3-5-15/h1-10,14H,11-12H2,(H,21,24)/b9-7+/t14-/m1/s1. The molecule has 1 aliphatic rings. The molecule has 0 spiro atoms. The Labute approximate surface area is 160 Å². The highest BCUT2D eigenvalue weighted by Crippen LogP contribution is 2.25. The zero-order valence-electron chi connectivity index (χ0n) is 14.2. The summed E-state index contributed by atoms with van der Waals surface area (Å²) in [6.45, 7) is 0.398. The van der Waals surface area contributed by atoms with Gasteiger partial charge in [-0.25, -0.2) is 0 Å². The van der Waals surface area contributed by atoms with Crippen molar-refractivity contribution in [3.63, 3.8) is 0 Å². The maximum absolute atomic E-state index is 12.2. The van der Waals surface area contributed by atoms with Crippen LogP contribution in [0, 0.1) is 10.1 Å². The van der Waals surface area contributed by atoms with Gasteiger partial charge in [0.05, 0.1) is 11.0 Å². The zero-order valence-corrected chi connectivity index (χ0v) is 14.9. The Balaban J connectivity index is 1.61. The molecule has 0 unspecified atom stereocenters. The summed E-state index contributed by atoms with van der Waals surface area (Å²) in [5.74, 6) is -0.427. The first kappa shape index (κ1) is 18.6. The number of amides is 2. The highest BCUT2D eigenvalue weighted by Gasteiger charge is 2.31. The third kappa shape index (κ3) is 4.51. The second kappa shape index (κ2) is 8.01. The fourth-order valence-electron chi connectivity index (χ4n) is 2.86. The van der Waals surface area contributed by atoms with Crippen LogP contribution in [0.15, 0.2) is 54.6 Å². The number of hydrogen-bond acceptors (Lipinski definition) is 4. The lowest BCUT2D eigenvalue weighted by atomic mass is 10.2. The summed E-state index contributed by atoms with van der Waals surface area (Å²) in [6, 6.07) is 13.2. The number of nitrogens with one attached hydrogen (secondary N) is 1. The highest BCUT2D eigenvalue weighted by molar-refractivity contribution is 6.32. The molecule has 2 amide bonds. The van der Waals surface area contributed by atoms with Crippen molar-refractivity contribution in [2.24, 2.45) is 0 Å². The first-order valence-electron chi connectivity index (χ1n) is 8.22. The van der Waals surface area contributed by atoms with Crippen molar-refractivity contribution in [1.82, 2.24) is 5.32 Å². The Morgan fingerprint density at radius 2 is 2.00 bits per heavy atom. The molecular formula is C19H16ClN3O4. The highest BCUT2D eigenvalue weighted by atomic mass is 35.5. The molecule has 1 heterocycles. The van der Waals surface area contributed by atoms with Gasteiger partial charge in [0, 0.05) is 30.8 Å². The third-order valence-electron chi connectivity index (χ3n) is 4.13. The molecule has 1 atom stereocenters. The predicted molar refractivity (Wildman–Crippen MR) is 102 cm³/mol. The second-order valence-corrected chi connectivity index (χ2v) is 6.46. The van der Waals surface area contributed by atoms with Gasteiger partial charge in [0.2, 0.25) is 11.8 Å². The molecule has 0 aromatic heterocycles. The quantitative estimate of drug-likeness (QED) is 0.486. The van der Waals surface area contributed by atoms with E-state index in [0.29, 0.717) is 12.1 Å². The van der Waals surface area contributed by atoms with Crippen LogP contribution in [0.3, 0.4) is 0 Å². The number of nitro groups is 1. The van der Waals surface area contributed by atoms with Crippen molar-refractivity contribution in [2.75, 3.05) is 11.4 Å². The predicted octanol–water partition coefficient (Wildman–Crippen LogP) is 3.18. The normalized spacial score (nSPS) is 16.7. The summed E-state index contributed by atoms with van der Waals surface area (Å²) in [5, 5.41) is 13.7. The van der Waals surface area contributed by atoms with Crippen molar-refractivity contribution >= 4 is 40.9 Å². The second-order valence-electron chi connectivity index (χ2n) is 6.05. The van der Waals surface area contributed by atoms with Crippen molar-refractivity contribution in [1.29, 1.82) is 0 Å². The maximum Gasteiger partial charge on any atom is 0.288 e. The smallest absolute Gasteiger partial charge is 0.288 e. The van der Waals surface area contributed by atoms with Gasteiger partial charge in [-0.2, -0.15) is 0 Å². The molecule has 1 fully saturated rings. The van der Waals surface area contributed by atoms with Crippen LogP contribution >= 0.6 is 11.6 Å². The maximum atomic E-state index is 12.2. The van der Waals surface area contributed by atoms with Crippen molar-refractivity contribution in [3.05, 3.63) is 75.3 Å². The molecule has 1 N–H and O–H groups in total. The summed E-state index contributed by atoms with van der Waals surface area (Å²) in [4.78, 5) is 36.2. The number of carbonyl (C=O) groups is 2. The molecule has 3 rings (SSSR count). The van der Waals surface area contributed by atoms with Crippen molar-refractivity contribution in [3.8, 4) is 0 Å². The van der Waals surface area contributed by atoms with Crippen LogP contribution in [0.5, 0.6) is 0 Å². The van der Waals surface area contributed by atoms with E-state index in [1.54, 1.807) is 11.0 Å². The molecule has 0 saturated carbocycles. The molecule has 8 heteroatoms. The van der Waals surface area contributed by atoms with Gasteiger partial charge in [0.25, 0.3) is 5.69 Å². The average molecular weight is 386 g/mol. The number of anilines is 1. The summed E-state index contributed by atoms with van der Waals surface area (Å²) in [5.41, 5.74) is 1.05. The number of nitro benzene ring substituents is 1. The summed E-state index contributed by atoms with van der Waals surface area (Å²) in [7, 11) is 0. The molecule has 7 nitrogen and oxygen atoms in total. The zero-order chi connectivity index (χ0) is 19.4. The van der Waals surface area contributed by atoms with Crippen LogP contribution in [-0.2, 0) is 9.59 Å². The Morgan fingerprint density at radius 1 is 1.26 bits per heavy atom. The molecule has 1 aliphatic heterocycles. The first-order valence-corrected chi connectivity index (χ1v) is 8.60. The van der Waals surface area contributed by atoms with Crippen LogP contribution in [0.1, 0.15) is 12.0 Å². The minimum atomic E-state index is -0.581. The molecule has 27 heavy (non-hydrogen) atoms. The van der Waals surface area contributed by atoms with Gasteiger partial charge >= 0.3 is 0 Å². The molecule has 0 radical (unpaired) electrons. The Morgan fingerprint density at radius 3 is 2.70 bits per heavy atom. The van der Waals surface area contributed by atoms with E-state index in [4.69, 9.17) is 11.6 Å². The van der Waals surface area contributed by atoms with Gasteiger partial charge in [0.1, 0.15) is 5.02 Å². The van der Waals surface area contributed by atoms with E-state index >= 15 is 0 Å². The molecular weight excluding hydrogens is 370 g/mol. The van der Waals surface area contributed by atoms with Gasteiger partial charge in [-0.05, 0) is 29.8 Å². The number of carbonyl (C=O) groups excluding carboxylic acids is 2. The Kier molecular flexibility index (Phi) is 5.52.